The Morgan fingerprint density at radius 2 is 1.62 bits per heavy atom. The Morgan fingerprint density at radius 3 is 2.38 bits per heavy atom. The van der Waals surface area contributed by atoms with Gasteiger partial charge in [0.2, 0.25) is 5.91 Å². The lowest BCUT2D eigenvalue weighted by Crippen LogP contribution is -2.67. The Kier molecular flexibility index (Phi) is 9.99. The quantitative estimate of drug-likeness (QED) is 0.225. The number of para-hydroxylation sites is 1. The molecule has 6 heteroatoms. The van der Waals surface area contributed by atoms with Gasteiger partial charge < -0.3 is 20.5 Å². The zero-order valence-electron chi connectivity index (χ0n) is 33.7. The molecule has 0 spiro atoms. The zero-order valence-corrected chi connectivity index (χ0v) is 33.7. The number of fused-ring (bicyclic) bond motifs is 7. The van der Waals surface area contributed by atoms with Gasteiger partial charge in [-0.1, -0.05) is 77.1 Å². The summed E-state index contributed by atoms with van der Waals surface area (Å²) in [6.45, 7) is 20.2. The van der Waals surface area contributed by atoms with Crippen molar-refractivity contribution in [3.8, 4) is 5.75 Å². The third-order valence-electron chi connectivity index (χ3n) is 17.0. The van der Waals surface area contributed by atoms with Crippen molar-refractivity contribution in [2.24, 2.45) is 56.7 Å². The van der Waals surface area contributed by atoms with Crippen molar-refractivity contribution in [3.05, 3.63) is 77.4 Å². The maximum atomic E-state index is 14.7. The van der Waals surface area contributed by atoms with E-state index in [2.05, 4.69) is 58.8 Å². The highest BCUT2D eigenvalue weighted by atomic mass is 16.5. The van der Waals surface area contributed by atoms with E-state index in [4.69, 9.17) is 4.74 Å². The van der Waals surface area contributed by atoms with Gasteiger partial charge in [-0.15, -0.1) is 0 Å². The van der Waals surface area contributed by atoms with Crippen molar-refractivity contribution < 1.29 is 19.4 Å². The number of hydrogen-bond donors (Lipinski definition) is 3. The van der Waals surface area contributed by atoms with E-state index in [1.54, 1.807) is 7.11 Å². The molecule has 0 aromatic heterocycles. The van der Waals surface area contributed by atoms with Crippen molar-refractivity contribution in [2.75, 3.05) is 13.7 Å². The standard InChI is InChI=1S/C47H66N2O4/c1-30(2)34-18-24-47(42(52)48-27-21-31-12-11-14-32(28-31)41(51)49-29-33-13-9-10-15-36(33)53-8)26-25-45(6)35(40(34)47)16-17-38-44(5)22-20-39(50)43(3,4)37(44)19-23-46(38,45)7/h9-15,28,34-35,37-40,50H,1,16-27,29H2,2-8H3,(H,48,52)(H,49,51)/t34-,35?,37?,38?,39-,40?,44-,45+,46+,47-/m0/s1. The molecule has 5 fully saturated rings. The van der Waals surface area contributed by atoms with Gasteiger partial charge in [0.25, 0.3) is 5.91 Å². The molecule has 2 amide bonds. The van der Waals surface area contributed by atoms with Crippen LogP contribution >= 0.6 is 0 Å². The van der Waals surface area contributed by atoms with Crippen molar-refractivity contribution >= 4 is 11.8 Å². The van der Waals surface area contributed by atoms with Gasteiger partial charge in [0, 0.05) is 24.2 Å². The highest BCUT2D eigenvalue weighted by Gasteiger charge is 2.71. The van der Waals surface area contributed by atoms with Crippen LogP contribution in [0.2, 0.25) is 0 Å². The van der Waals surface area contributed by atoms with E-state index in [1.807, 2.05) is 48.5 Å². The molecule has 0 saturated heterocycles. The summed E-state index contributed by atoms with van der Waals surface area (Å²) in [6, 6.07) is 15.5. The first kappa shape index (κ1) is 38.2. The van der Waals surface area contributed by atoms with E-state index in [1.165, 1.54) is 31.3 Å². The largest absolute Gasteiger partial charge is 0.496 e. The van der Waals surface area contributed by atoms with Gasteiger partial charge in [0.1, 0.15) is 5.75 Å². The Bertz CT molecular complexity index is 1730. The van der Waals surface area contributed by atoms with Gasteiger partial charge in [0.15, 0.2) is 0 Å². The first-order valence-corrected chi connectivity index (χ1v) is 20.7. The fraction of sp³-hybridized carbons (Fsp3) is 0.660. The van der Waals surface area contributed by atoms with Gasteiger partial charge in [-0.2, -0.15) is 0 Å². The number of methoxy groups -OCH3 is 1. The third kappa shape index (κ3) is 5.99. The van der Waals surface area contributed by atoms with E-state index in [0.717, 1.165) is 55.4 Å². The van der Waals surface area contributed by atoms with Crippen molar-refractivity contribution in [3.63, 3.8) is 0 Å². The predicted octanol–water partition coefficient (Wildman–Crippen LogP) is 9.30. The summed E-state index contributed by atoms with van der Waals surface area (Å²) in [7, 11) is 1.64. The molecule has 2 aromatic rings. The van der Waals surface area contributed by atoms with E-state index < -0.39 is 0 Å². The number of allylic oxidation sites excluding steroid dienone is 1. The number of amides is 2. The second-order valence-electron chi connectivity index (χ2n) is 19.4. The summed E-state index contributed by atoms with van der Waals surface area (Å²) >= 11 is 0. The minimum Gasteiger partial charge on any atom is -0.496 e. The van der Waals surface area contributed by atoms with Crippen LogP contribution in [0.5, 0.6) is 5.75 Å². The lowest BCUT2D eigenvalue weighted by molar-refractivity contribution is -0.246. The maximum absolute atomic E-state index is 14.7. The van der Waals surface area contributed by atoms with Crippen molar-refractivity contribution in [1.29, 1.82) is 0 Å². The number of nitrogens with one attached hydrogen (secondary N) is 2. The number of rotatable bonds is 9. The average Bonchev–Trinajstić information content (AvgIpc) is 3.54. The fourth-order valence-corrected chi connectivity index (χ4v) is 14.0. The van der Waals surface area contributed by atoms with Gasteiger partial charge in [0.05, 0.1) is 18.6 Å². The first-order valence-electron chi connectivity index (χ1n) is 20.7. The molecule has 3 N–H and O–H groups in total. The minimum absolute atomic E-state index is 0.0485. The SMILES string of the molecule is C=C(C)[C@@H]1CC[C@]2(C(=O)NCCc3cccc(C(=O)NCc4ccccc4OC)c3)CC[C@]3(C)C(CCC4[C@@]5(C)CC[C@H](O)C(C)(C)C5CC[C@]43C)C12. The molecule has 288 valence electrons. The summed E-state index contributed by atoms with van der Waals surface area (Å²) < 4.78 is 5.44. The Labute approximate surface area is 319 Å². The van der Waals surface area contributed by atoms with Crippen LogP contribution in [-0.4, -0.2) is 36.7 Å². The van der Waals surface area contributed by atoms with Crippen LogP contribution in [0.25, 0.3) is 0 Å². The maximum Gasteiger partial charge on any atom is 0.251 e. The smallest absolute Gasteiger partial charge is 0.251 e. The minimum atomic E-state index is -0.352. The van der Waals surface area contributed by atoms with Gasteiger partial charge in [-0.05, 0) is 153 Å². The molecule has 6 nitrogen and oxygen atoms in total. The van der Waals surface area contributed by atoms with Crippen LogP contribution in [0.1, 0.15) is 127 Å². The summed E-state index contributed by atoms with van der Waals surface area (Å²) in [6.07, 6.45) is 11.4. The molecule has 5 aliphatic carbocycles. The number of carbonyl (C=O) groups is 2. The molecule has 4 unspecified atom stereocenters. The molecule has 0 bridgehead atoms. The van der Waals surface area contributed by atoms with E-state index in [9.17, 15) is 14.7 Å². The van der Waals surface area contributed by atoms with Gasteiger partial charge in [-0.3, -0.25) is 9.59 Å². The number of aliphatic hydroxyl groups excluding tert-OH is 1. The van der Waals surface area contributed by atoms with Crippen LogP contribution in [0.3, 0.4) is 0 Å². The van der Waals surface area contributed by atoms with Gasteiger partial charge >= 0.3 is 0 Å². The molecule has 53 heavy (non-hydrogen) atoms. The highest BCUT2D eigenvalue weighted by Crippen LogP contribution is 2.77. The molecule has 5 saturated carbocycles. The Morgan fingerprint density at radius 1 is 0.849 bits per heavy atom. The summed E-state index contributed by atoms with van der Waals surface area (Å²) in [5.41, 5.74) is 4.07. The fourth-order valence-electron chi connectivity index (χ4n) is 14.0. The highest BCUT2D eigenvalue weighted by molar-refractivity contribution is 5.94. The summed E-state index contributed by atoms with van der Waals surface area (Å²) in [5, 5.41) is 17.6. The normalized spacial score (nSPS) is 38.3. The van der Waals surface area contributed by atoms with E-state index in [-0.39, 0.29) is 45.0 Å². The first-order chi connectivity index (χ1) is 25.1. The Hall–Kier alpha value is -3.12. The van der Waals surface area contributed by atoms with Crippen molar-refractivity contribution in [1.82, 2.24) is 10.6 Å². The molecule has 5 aliphatic rings. The number of aliphatic hydroxyl groups is 1. The molecule has 7 rings (SSSR count). The van der Waals surface area contributed by atoms with Crippen LogP contribution in [0.4, 0.5) is 0 Å². The van der Waals surface area contributed by atoms with E-state index >= 15 is 0 Å². The van der Waals surface area contributed by atoms with Crippen LogP contribution in [0, 0.1) is 56.7 Å². The molecule has 0 aliphatic heterocycles. The number of hydrogen-bond acceptors (Lipinski definition) is 4. The number of ether oxygens (including phenoxy) is 1. The van der Waals surface area contributed by atoms with Gasteiger partial charge in [-0.25, -0.2) is 0 Å². The van der Waals surface area contributed by atoms with Crippen LogP contribution in [-0.2, 0) is 17.8 Å². The summed E-state index contributed by atoms with van der Waals surface area (Å²) in [4.78, 5) is 27.8. The predicted molar refractivity (Wildman–Crippen MR) is 212 cm³/mol. The van der Waals surface area contributed by atoms with Crippen LogP contribution < -0.4 is 15.4 Å². The third-order valence-corrected chi connectivity index (χ3v) is 17.0. The second kappa shape index (κ2) is 13.9. The topological polar surface area (TPSA) is 87.7 Å². The zero-order chi connectivity index (χ0) is 38.0. The number of carbonyl (C=O) groups excluding carboxylic acids is 2. The van der Waals surface area contributed by atoms with Crippen LogP contribution in [0.15, 0.2) is 60.7 Å². The molecular weight excluding hydrogens is 657 g/mol. The lowest BCUT2D eigenvalue weighted by atomic mass is 9.32. The second-order valence-corrected chi connectivity index (χ2v) is 19.4. The molecular formula is C47H66N2O4. The monoisotopic (exact) mass is 723 g/mol. The molecule has 0 heterocycles. The molecule has 0 radical (unpaired) electrons. The summed E-state index contributed by atoms with van der Waals surface area (Å²) in [5.74, 6) is 3.27. The number of benzene rings is 2. The lowest BCUT2D eigenvalue weighted by Gasteiger charge is -2.72. The van der Waals surface area contributed by atoms with Crippen molar-refractivity contribution in [2.45, 2.75) is 125 Å². The molecule has 10 atom stereocenters. The average molecular weight is 723 g/mol. The van der Waals surface area contributed by atoms with E-state index in [0.29, 0.717) is 54.7 Å². The Balaban J connectivity index is 1.05. The molecule has 2 aromatic carbocycles.